The summed E-state index contributed by atoms with van der Waals surface area (Å²) in [5.74, 6) is -0.201. The molecular weight excluding hydrogens is 208 g/mol. The van der Waals surface area contributed by atoms with Crippen LogP contribution in [-0.2, 0) is 14.3 Å². The molecule has 0 bridgehead atoms. The Morgan fingerprint density at radius 2 is 2.06 bits per heavy atom. The summed E-state index contributed by atoms with van der Waals surface area (Å²) in [6, 6.07) is 0. The SMILES string of the molecule is CO/C=C/C=C/C(O)CCCCC(=O)OC. The number of carbonyl (C=O) groups excluding carboxylic acids is 1. The van der Waals surface area contributed by atoms with Crippen LogP contribution >= 0.6 is 0 Å². The number of aliphatic hydroxyl groups excluding tert-OH is 1. The van der Waals surface area contributed by atoms with Crippen molar-refractivity contribution < 1.29 is 19.4 Å². The summed E-state index contributed by atoms with van der Waals surface area (Å²) in [7, 11) is 2.94. The maximum absolute atomic E-state index is 10.8. The first-order chi connectivity index (χ1) is 7.70. The topological polar surface area (TPSA) is 55.8 Å². The number of esters is 1. The summed E-state index contributed by atoms with van der Waals surface area (Å²) in [6.45, 7) is 0. The van der Waals surface area contributed by atoms with Crippen LogP contribution < -0.4 is 0 Å². The van der Waals surface area contributed by atoms with Gasteiger partial charge in [-0.25, -0.2) is 0 Å². The van der Waals surface area contributed by atoms with Crippen molar-refractivity contribution in [3.8, 4) is 0 Å². The van der Waals surface area contributed by atoms with E-state index in [1.54, 1.807) is 25.3 Å². The van der Waals surface area contributed by atoms with Crippen LogP contribution in [0.3, 0.4) is 0 Å². The van der Waals surface area contributed by atoms with Gasteiger partial charge in [0, 0.05) is 6.42 Å². The highest BCUT2D eigenvalue weighted by Gasteiger charge is 2.02. The van der Waals surface area contributed by atoms with E-state index in [4.69, 9.17) is 4.74 Å². The summed E-state index contributed by atoms with van der Waals surface area (Å²) in [6.07, 6.45) is 8.78. The number of carbonyl (C=O) groups is 1. The molecule has 16 heavy (non-hydrogen) atoms. The maximum atomic E-state index is 10.8. The monoisotopic (exact) mass is 228 g/mol. The van der Waals surface area contributed by atoms with Gasteiger partial charge in [0.1, 0.15) is 0 Å². The molecular formula is C12H20O4. The second-order valence-corrected chi connectivity index (χ2v) is 3.34. The predicted molar refractivity (Wildman–Crippen MR) is 61.8 cm³/mol. The number of aliphatic hydroxyl groups is 1. The molecule has 0 fully saturated rings. The summed E-state index contributed by atoms with van der Waals surface area (Å²) in [5.41, 5.74) is 0. The molecule has 0 saturated heterocycles. The predicted octanol–water partition coefficient (Wildman–Crippen LogP) is 1.80. The second-order valence-electron chi connectivity index (χ2n) is 3.34. The molecule has 1 N–H and O–H groups in total. The Morgan fingerprint density at radius 1 is 1.31 bits per heavy atom. The lowest BCUT2D eigenvalue weighted by atomic mass is 10.1. The van der Waals surface area contributed by atoms with Gasteiger partial charge in [-0.15, -0.1) is 0 Å². The highest BCUT2D eigenvalue weighted by atomic mass is 16.5. The molecule has 0 aliphatic heterocycles. The molecule has 1 unspecified atom stereocenters. The minimum Gasteiger partial charge on any atom is -0.504 e. The molecule has 0 aliphatic carbocycles. The summed E-state index contributed by atoms with van der Waals surface area (Å²) in [4.78, 5) is 10.8. The molecule has 0 heterocycles. The molecule has 0 aromatic rings. The van der Waals surface area contributed by atoms with E-state index in [-0.39, 0.29) is 5.97 Å². The van der Waals surface area contributed by atoms with Gasteiger partial charge in [-0.2, -0.15) is 0 Å². The number of hydrogen-bond donors (Lipinski definition) is 1. The van der Waals surface area contributed by atoms with Crippen LogP contribution in [0.5, 0.6) is 0 Å². The van der Waals surface area contributed by atoms with E-state index in [9.17, 15) is 9.90 Å². The fourth-order valence-corrected chi connectivity index (χ4v) is 1.14. The molecule has 0 aromatic carbocycles. The molecule has 1 atom stereocenters. The van der Waals surface area contributed by atoms with Crippen molar-refractivity contribution in [1.82, 2.24) is 0 Å². The molecule has 0 saturated carbocycles. The van der Waals surface area contributed by atoms with Crippen LogP contribution in [0, 0.1) is 0 Å². The average molecular weight is 228 g/mol. The molecule has 0 aromatic heterocycles. The number of rotatable bonds is 8. The Bertz CT molecular complexity index is 233. The quantitative estimate of drug-likeness (QED) is 0.298. The third kappa shape index (κ3) is 9.27. The van der Waals surface area contributed by atoms with E-state index in [2.05, 4.69) is 4.74 Å². The molecule has 92 valence electrons. The van der Waals surface area contributed by atoms with Crippen molar-refractivity contribution in [2.24, 2.45) is 0 Å². The smallest absolute Gasteiger partial charge is 0.305 e. The van der Waals surface area contributed by atoms with E-state index in [1.165, 1.54) is 13.4 Å². The van der Waals surface area contributed by atoms with Gasteiger partial charge < -0.3 is 14.6 Å². The van der Waals surface area contributed by atoms with Gasteiger partial charge in [0.05, 0.1) is 26.6 Å². The van der Waals surface area contributed by atoms with E-state index < -0.39 is 6.10 Å². The van der Waals surface area contributed by atoms with Crippen molar-refractivity contribution in [2.45, 2.75) is 31.8 Å². The molecule has 4 nitrogen and oxygen atoms in total. The Balaban J connectivity index is 3.50. The minimum absolute atomic E-state index is 0.201. The first-order valence-corrected chi connectivity index (χ1v) is 5.31. The summed E-state index contributed by atoms with van der Waals surface area (Å²) >= 11 is 0. The first-order valence-electron chi connectivity index (χ1n) is 5.31. The van der Waals surface area contributed by atoms with Crippen LogP contribution in [0.2, 0.25) is 0 Å². The Hall–Kier alpha value is -1.29. The second kappa shape index (κ2) is 10.2. The van der Waals surface area contributed by atoms with Gasteiger partial charge in [0.2, 0.25) is 0 Å². The van der Waals surface area contributed by atoms with Gasteiger partial charge in [-0.1, -0.05) is 12.2 Å². The molecule has 0 aliphatic rings. The third-order valence-corrected chi connectivity index (χ3v) is 2.02. The molecule has 4 heteroatoms. The van der Waals surface area contributed by atoms with Crippen molar-refractivity contribution in [1.29, 1.82) is 0 Å². The van der Waals surface area contributed by atoms with Gasteiger partial charge in [0.25, 0.3) is 0 Å². The van der Waals surface area contributed by atoms with Gasteiger partial charge in [-0.3, -0.25) is 4.79 Å². The van der Waals surface area contributed by atoms with Crippen molar-refractivity contribution in [3.05, 3.63) is 24.5 Å². The Morgan fingerprint density at radius 3 is 2.69 bits per heavy atom. The minimum atomic E-state index is -0.473. The van der Waals surface area contributed by atoms with Crippen LogP contribution in [0.25, 0.3) is 0 Å². The molecule has 0 spiro atoms. The molecule has 0 radical (unpaired) electrons. The largest absolute Gasteiger partial charge is 0.504 e. The van der Waals surface area contributed by atoms with E-state index in [1.807, 2.05) is 0 Å². The normalized spacial score (nSPS) is 13.2. The van der Waals surface area contributed by atoms with Crippen molar-refractivity contribution in [3.63, 3.8) is 0 Å². The molecule has 0 amide bonds. The van der Waals surface area contributed by atoms with Gasteiger partial charge in [0.15, 0.2) is 0 Å². The van der Waals surface area contributed by atoms with Crippen LogP contribution in [-0.4, -0.2) is 31.4 Å². The van der Waals surface area contributed by atoms with E-state index >= 15 is 0 Å². The number of allylic oxidation sites excluding steroid dienone is 2. The van der Waals surface area contributed by atoms with Crippen molar-refractivity contribution >= 4 is 5.97 Å². The van der Waals surface area contributed by atoms with Gasteiger partial charge in [-0.05, 0) is 25.3 Å². The average Bonchev–Trinajstić information content (AvgIpc) is 2.30. The zero-order chi connectivity index (χ0) is 12.2. The van der Waals surface area contributed by atoms with E-state index in [0.29, 0.717) is 12.8 Å². The lowest BCUT2D eigenvalue weighted by Gasteiger charge is -2.04. The zero-order valence-corrected chi connectivity index (χ0v) is 9.89. The van der Waals surface area contributed by atoms with Crippen molar-refractivity contribution in [2.75, 3.05) is 14.2 Å². The highest BCUT2D eigenvalue weighted by molar-refractivity contribution is 5.68. The summed E-state index contributed by atoms with van der Waals surface area (Å²) < 4.78 is 9.21. The highest BCUT2D eigenvalue weighted by Crippen LogP contribution is 2.05. The lowest BCUT2D eigenvalue weighted by Crippen LogP contribution is -2.03. The van der Waals surface area contributed by atoms with Crippen LogP contribution in [0.15, 0.2) is 24.5 Å². The number of ether oxygens (including phenoxy) is 2. The Kier molecular flexibility index (Phi) is 9.41. The maximum Gasteiger partial charge on any atom is 0.305 e. The van der Waals surface area contributed by atoms with E-state index in [0.717, 1.165) is 12.8 Å². The third-order valence-electron chi connectivity index (χ3n) is 2.02. The number of hydrogen-bond acceptors (Lipinski definition) is 4. The number of methoxy groups -OCH3 is 2. The van der Waals surface area contributed by atoms with Crippen LogP contribution in [0.4, 0.5) is 0 Å². The zero-order valence-electron chi connectivity index (χ0n) is 9.89. The Labute approximate surface area is 96.6 Å². The lowest BCUT2D eigenvalue weighted by molar-refractivity contribution is -0.140. The van der Waals surface area contributed by atoms with Gasteiger partial charge >= 0.3 is 5.97 Å². The first kappa shape index (κ1) is 14.7. The fraction of sp³-hybridized carbons (Fsp3) is 0.583. The summed E-state index contributed by atoms with van der Waals surface area (Å²) in [5, 5.41) is 9.49. The number of unbranched alkanes of at least 4 members (excludes halogenated alkanes) is 1. The van der Waals surface area contributed by atoms with Crippen LogP contribution in [0.1, 0.15) is 25.7 Å². The molecule has 0 rings (SSSR count). The standard InChI is InChI=1S/C12H20O4/c1-15-10-6-5-8-11(13)7-3-4-9-12(14)16-2/h5-6,8,10-11,13H,3-4,7,9H2,1-2H3/b8-5+,10-6+. The fourth-order valence-electron chi connectivity index (χ4n) is 1.14.